The fraction of sp³-hybridized carbons (Fsp3) is 0.462. The van der Waals surface area contributed by atoms with Crippen molar-refractivity contribution in [1.29, 1.82) is 0 Å². The lowest BCUT2D eigenvalue weighted by Crippen LogP contribution is -2.35. The summed E-state index contributed by atoms with van der Waals surface area (Å²) in [7, 11) is -0.785. The maximum Gasteiger partial charge on any atom is 0.241 e. The Morgan fingerprint density at radius 3 is 2.52 bits per heavy atom. The average Bonchev–Trinajstić information content (AvgIpc) is 2.37. The summed E-state index contributed by atoms with van der Waals surface area (Å²) in [6.07, 6.45) is 0. The minimum Gasteiger partial charge on any atom is -0.495 e. The van der Waals surface area contributed by atoms with E-state index in [9.17, 15) is 13.2 Å². The van der Waals surface area contributed by atoms with Crippen LogP contribution in [0.2, 0.25) is 0 Å². The first-order valence-electron chi connectivity index (χ1n) is 6.27. The van der Waals surface area contributed by atoms with Crippen LogP contribution in [0.4, 0.5) is 5.69 Å². The first-order chi connectivity index (χ1) is 9.80. The third-order valence-corrected chi connectivity index (χ3v) is 4.15. The summed E-state index contributed by atoms with van der Waals surface area (Å²) in [5.74, 6) is 0.00298. The van der Waals surface area contributed by atoms with Gasteiger partial charge < -0.3 is 14.8 Å². The van der Waals surface area contributed by atoms with E-state index in [2.05, 4.69) is 10.0 Å². The Morgan fingerprint density at radius 2 is 2.00 bits per heavy atom. The molecular weight excluding hydrogens is 296 g/mol. The Bertz CT molecular complexity index is 601. The topological polar surface area (TPSA) is 93.7 Å². The number of rotatable bonds is 7. The molecule has 1 aromatic carbocycles. The molecule has 0 aliphatic carbocycles. The normalized spacial score (nSPS) is 12.8. The van der Waals surface area contributed by atoms with E-state index in [0.29, 0.717) is 5.69 Å². The number of anilines is 1. The number of sulfonamides is 1. The van der Waals surface area contributed by atoms with E-state index in [0.717, 1.165) is 0 Å². The Morgan fingerprint density at radius 1 is 1.33 bits per heavy atom. The van der Waals surface area contributed by atoms with E-state index < -0.39 is 10.0 Å². The summed E-state index contributed by atoms with van der Waals surface area (Å²) >= 11 is 0. The molecule has 0 aliphatic rings. The largest absolute Gasteiger partial charge is 0.495 e. The zero-order valence-corrected chi connectivity index (χ0v) is 13.3. The molecule has 0 aliphatic heterocycles. The van der Waals surface area contributed by atoms with Gasteiger partial charge in [0.1, 0.15) is 5.75 Å². The van der Waals surface area contributed by atoms with Gasteiger partial charge in [0.05, 0.1) is 24.3 Å². The van der Waals surface area contributed by atoms with Crippen LogP contribution in [0.15, 0.2) is 23.1 Å². The van der Waals surface area contributed by atoms with Crippen molar-refractivity contribution in [2.75, 3.05) is 26.1 Å². The molecule has 0 bridgehead atoms. The number of carbonyl (C=O) groups excluding carboxylic acids is 1. The van der Waals surface area contributed by atoms with Crippen molar-refractivity contribution in [2.45, 2.75) is 24.8 Å². The van der Waals surface area contributed by atoms with Gasteiger partial charge in [0.15, 0.2) is 0 Å². The van der Waals surface area contributed by atoms with Crippen LogP contribution in [0.3, 0.4) is 0 Å². The first kappa shape index (κ1) is 17.4. The van der Waals surface area contributed by atoms with Gasteiger partial charge in [0.2, 0.25) is 15.9 Å². The molecule has 0 unspecified atom stereocenters. The third-order valence-electron chi connectivity index (χ3n) is 2.57. The summed E-state index contributed by atoms with van der Waals surface area (Å²) in [5, 5.41) is 2.56. The molecule has 0 heterocycles. The zero-order chi connectivity index (χ0) is 16.0. The first-order valence-corrected chi connectivity index (χ1v) is 7.75. The predicted molar refractivity (Wildman–Crippen MR) is 79.0 cm³/mol. The Labute approximate surface area is 124 Å². The highest BCUT2D eigenvalue weighted by atomic mass is 32.2. The van der Waals surface area contributed by atoms with E-state index in [1.54, 1.807) is 6.92 Å². The monoisotopic (exact) mass is 316 g/mol. The number of amides is 1. The van der Waals surface area contributed by atoms with Gasteiger partial charge in [-0.05, 0) is 19.1 Å². The molecule has 21 heavy (non-hydrogen) atoms. The molecule has 1 amide bonds. The maximum atomic E-state index is 12.2. The summed E-state index contributed by atoms with van der Waals surface area (Å²) in [6, 6.07) is 3.87. The molecule has 2 N–H and O–H groups in total. The molecule has 0 saturated heterocycles. The van der Waals surface area contributed by atoms with Crippen LogP contribution in [-0.2, 0) is 19.6 Å². The van der Waals surface area contributed by atoms with Crippen molar-refractivity contribution in [2.24, 2.45) is 0 Å². The van der Waals surface area contributed by atoms with E-state index in [4.69, 9.17) is 9.47 Å². The molecule has 118 valence electrons. The third kappa shape index (κ3) is 5.00. The van der Waals surface area contributed by atoms with E-state index >= 15 is 0 Å². The number of carbonyl (C=O) groups is 1. The van der Waals surface area contributed by atoms with Gasteiger partial charge in [-0.1, -0.05) is 0 Å². The van der Waals surface area contributed by atoms with Gasteiger partial charge >= 0.3 is 0 Å². The fourth-order valence-electron chi connectivity index (χ4n) is 1.75. The number of ether oxygens (including phenoxy) is 2. The summed E-state index contributed by atoms with van der Waals surface area (Å²) in [4.78, 5) is 11.1. The van der Waals surface area contributed by atoms with Gasteiger partial charge in [-0.3, -0.25) is 4.79 Å². The maximum absolute atomic E-state index is 12.2. The Balaban J connectivity index is 3.05. The zero-order valence-electron chi connectivity index (χ0n) is 12.5. The minimum absolute atomic E-state index is 0.0522. The van der Waals surface area contributed by atoms with Gasteiger partial charge in [-0.2, -0.15) is 0 Å². The highest BCUT2D eigenvalue weighted by molar-refractivity contribution is 7.89. The number of hydrogen-bond acceptors (Lipinski definition) is 5. The van der Waals surface area contributed by atoms with Gasteiger partial charge in [0.25, 0.3) is 0 Å². The van der Waals surface area contributed by atoms with Crippen molar-refractivity contribution in [1.82, 2.24) is 4.72 Å². The Kier molecular flexibility index (Phi) is 6.13. The second-order valence-corrected chi connectivity index (χ2v) is 6.23. The summed E-state index contributed by atoms with van der Waals surface area (Å²) in [5.41, 5.74) is 0.411. The van der Waals surface area contributed by atoms with Crippen LogP contribution in [0.1, 0.15) is 13.8 Å². The summed E-state index contributed by atoms with van der Waals surface area (Å²) in [6.45, 7) is 3.32. The molecule has 0 spiro atoms. The SMILES string of the molecule is COC[C@@H](C)NS(=O)(=O)c1ccc(NC(C)=O)c(OC)c1. The number of methoxy groups -OCH3 is 2. The second-order valence-electron chi connectivity index (χ2n) is 4.52. The average molecular weight is 316 g/mol. The molecule has 0 aromatic heterocycles. The highest BCUT2D eigenvalue weighted by Gasteiger charge is 2.19. The second kappa shape index (κ2) is 7.39. The Hall–Kier alpha value is -1.64. The smallest absolute Gasteiger partial charge is 0.241 e. The van der Waals surface area contributed by atoms with E-state index in [1.807, 2.05) is 0 Å². The van der Waals surface area contributed by atoms with Crippen molar-refractivity contribution in [3.63, 3.8) is 0 Å². The predicted octanol–water partition coefficient (Wildman–Crippen LogP) is 0.967. The molecular formula is C13H20N2O5S. The number of nitrogens with one attached hydrogen (secondary N) is 2. The number of hydrogen-bond donors (Lipinski definition) is 2. The lowest BCUT2D eigenvalue weighted by Gasteiger charge is -2.15. The minimum atomic E-state index is -3.68. The van der Waals surface area contributed by atoms with E-state index in [-0.39, 0.29) is 29.2 Å². The van der Waals surface area contributed by atoms with Crippen LogP contribution < -0.4 is 14.8 Å². The molecule has 1 rings (SSSR count). The highest BCUT2D eigenvalue weighted by Crippen LogP contribution is 2.27. The molecule has 1 atom stereocenters. The fourth-order valence-corrected chi connectivity index (χ4v) is 2.99. The van der Waals surface area contributed by atoms with Crippen LogP contribution in [0, 0.1) is 0 Å². The van der Waals surface area contributed by atoms with Gasteiger partial charge in [-0.25, -0.2) is 13.1 Å². The molecule has 8 heteroatoms. The molecule has 0 saturated carbocycles. The van der Waals surface area contributed by atoms with E-state index in [1.165, 1.54) is 39.3 Å². The standard InChI is InChI=1S/C13H20N2O5S/c1-9(8-19-3)15-21(17,18)11-5-6-12(14-10(2)16)13(7-11)20-4/h5-7,9,15H,8H2,1-4H3,(H,14,16)/t9-/m1/s1. The molecule has 7 nitrogen and oxygen atoms in total. The van der Waals surface area contributed by atoms with Crippen molar-refractivity contribution < 1.29 is 22.7 Å². The van der Waals surface area contributed by atoms with Crippen molar-refractivity contribution in [3.05, 3.63) is 18.2 Å². The van der Waals surface area contributed by atoms with Crippen LogP contribution in [-0.4, -0.2) is 41.2 Å². The van der Waals surface area contributed by atoms with Crippen molar-refractivity contribution >= 4 is 21.6 Å². The quantitative estimate of drug-likeness (QED) is 0.781. The molecule has 1 aromatic rings. The molecule has 0 fully saturated rings. The summed E-state index contributed by atoms with van der Waals surface area (Å²) < 4.78 is 36.9. The van der Waals surface area contributed by atoms with Gasteiger partial charge in [-0.15, -0.1) is 0 Å². The number of benzene rings is 1. The lowest BCUT2D eigenvalue weighted by molar-refractivity contribution is -0.114. The van der Waals surface area contributed by atoms with Crippen molar-refractivity contribution in [3.8, 4) is 5.75 Å². The van der Waals surface area contributed by atoms with Crippen LogP contribution >= 0.6 is 0 Å². The van der Waals surface area contributed by atoms with Gasteiger partial charge in [0, 0.05) is 26.1 Å². The molecule has 0 radical (unpaired) electrons. The van der Waals surface area contributed by atoms with Crippen LogP contribution in [0.5, 0.6) is 5.75 Å². The lowest BCUT2D eigenvalue weighted by atomic mass is 10.3. The van der Waals surface area contributed by atoms with Crippen LogP contribution in [0.25, 0.3) is 0 Å².